The standard InChI is InChI=1S/C23H25FN2O3/c1-2-17-6-8-18(9-7-17)22(28)25-12-10-23(11-13-25)16-26(21(27)15-29-23)20-5-3-4-19(24)14-20/h3-9,14H,2,10-13,15-16H2,1H3. The molecule has 6 heteroatoms. The molecule has 0 bridgehead atoms. The Balaban J connectivity index is 1.43. The van der Waals surface area contributed by atoms with Crippen molar-refractivity contribution in [3.05, 3.63) is 65.5 Å². The fraction of sp³-hybridized carbons (Fsp3) is 0.391. The minimum atomic E-state index is -0.497. The maximum atomic E-state index is 13.6. The summed E-state index contributed by atoms with van der Waals surface area (Å²) in [5.41, 5.74) is 1.95. The third kappa shape index (κ3) is 4.03. The first kappa shape index (κ1) is 19.6. The lowest BCUT2D eigenvalue weighted by Crippen LogP contribution is -2.59. The second-order valence-electron chi connectivity index (χ2n) is 7.77. The number of ether oxygens (including phenoxy) is 1. The van der Waals surface area contributed by atoms with Gasteiger partial charge in [-0.3, -0.25) is 9.59 Å². The Morgan fingerprint density at radius 1 is 1.14 bits per heavy atom. The summed E-state index contributed by atoms with van der Waals surface area (Å²) in [6.07, 6.45) is 2.23. The Hall–Kier alpha value is -2.73. The van der Waals surface area contributed by atoms with Gasteiger partial charge in [-0.25, -0.2) is 4.39 Å². The Kier molecular flexibility index (Phi) is 5.37. The molecule has 2 fully saturated rings. The molecule has 0 aliphatic carbocycles. The van der Waals surface area contributed by atoms with E-state index in [1.165, 1.54) is 17.7 Å². The molecule has 2 saturated heterocycles. The van der Waals surface area contributed by atoms with Crippen LogP contribution in [0.2, 0.25) is 0 Å². The average Bonchev–Trinajstić information content (AvgIpc) is 2.76. The van der Waals surface area contributed by atoms with Crippen LogP contribution in [-0.4, -0.2) is 48.6 Å². The van der Waals surface area contributed by atoms with Gasteiger partial charge in [0.25, 0.3) is 11.8 Å². The van der Waals surface area contributed by atoms with Crippen LogP contribution in [0.1, 0.15) is 35.7 Å². The van der Waals surface area contributed by atoms with Crippen molar-refractivity contribution < 1.29 is 18.7 Å². The number of hydrogen-bond acceptors (Lipinski definition) is 3. The highest BCUT2D eigenvalue weighted by atomic mass is 19.1. The summed E-state index contributed by atoms with van der Waals surface area (Å²) in [7, 11) is 0. The van der Waals surface area contributed by atoms with E-state index in [0.717, 1.165) is 6.42 Å². The van der Waals surface area contributed by atoms with E-state index in [4.69, 9.17) is 4.74 Å². The molecule has 0 aromatic heterocycles. The fourth-order valence-corrected chi connectivity index (χ4v) is 4.08. The Morgan fingerprint density at radius 3 is 2.52 bits per heavy atom. The average molecular weight is 396 g/mol. The Bertz CT molecular complexity index is 905. The highest BCUT2D eigenvalue weighted by molar-refractivity contribution is 5.95. The SMILES string of the molecule is CCc1ccc(C(=O)N2CCC3(CC2)CN(c2cccc(F)c2)C(=O)CO3)cc1. The van der Waals surface area contributed by atoms with Gasteiger partial charge in [-0.15, -0.1) is 0 Å². The molecule has 2 aromatic carbocycles. The number of nitrogens with zero attached hydrogens (tertiary/aromatic N) is 2. The van der Waals surface area contributed by atoms with Gasteiger partial charge in [-0.2, -0.15) is 0 Å². The molecular weight excluding hydrogens is 371 g/mol. The van der Waals surface area contributed by atoms with E-state index < -0.39 is 5.60 Å². The number of hydrogen-bond donors (Lipinski definition) is 0. The molecular formula is C23H25FN2O3. The minimum absolute atomic E-state index is 0.0244. The van der Waals surface area contributed by atoms with Crippen LogP contribution in [0.4, 0.5) is 10.1 Å². The molecule has 2 aromatic rings. The zero-order valence-corrected chi connectivity index (χ0v) is 16.6. The van der Waals surface area contributed by atoms with Crippen molar-refractivity contribution >= 4 is 17.5 Å². The molecule has 2 aliphatic heterocycles. The van der Waals surface area contributed by atoms with Crippen molar-refractivity contribution in [3.8, 4) is 0 Å². The number of halogens is 1. The third-order valence-electron chi connectivity index (χ3n) is 5.94. The zero-order valence-electron chi connectivity index (χ0n) is 16.6. The number of carbonyl (C=O) groups excluding carboxylic acids is 2. The minimum Gasteiger partial charge on any atom is -0.363 e. The number of amides is 2. The second kappa shape index (κ2) is 7.95. The lowest BCUT2D eigenvalue weighted by atomic mass is 9.88. The summed E-state index contributed by atoms with van der Waals surface area (Å²) in [6.45, 7) is 3.58. The molecule has 4 rings (SSSR count). The van der Waals surface area contributed by atoms with Gasteiger partial charge in [0.15, 0.2) is 0 Å². The summed E-state index contributed by atoms with van der Waals surface area (Å²) < 4.78 is 19.6. The van der Waals surface area contributed by atoms with Crippen molar-refractivity contribution in [1.29, 1.82) is 0 Å². The maximum absolute atomic E-state index is 13.6. The molecule has 0 radical (unpaired) electrons. The number of benzene rings is 2. The molecule has 0 atom stereocenters. The number of carbonyl (C=O) groups is 2. The van der Waals surface area contributed by atoms with E-state index in [-0.39, 0.29) is 24.2 Å². The van der Waals surface area contributed by atoms with Crippen LogP contribution >= 0.6 is 0 Å². The normalized spacial score (nSPS) is 18.9. The first-order chi connectivity index (χ1) is 14.0. The highest BCUT2D eigenvalue weighted by Crippen LogP contribution is 2.33. The maximum Gasteiger partial charge on any atom is 0.253 e. The number of piperidine rings is 1. The monoisotopic (exact) mass is 396 g/mol. The van der Waals surface area contributed by atoms with Gasteiger partial charge in [-0.1, -0.05) is 25.1 Å². The quantitative estimate of drug-likeness (QED) is 0.799. The number of aryl methyl sites for hydroxylation is 1. The molecule has 29 heavy (non-hydrogen) atoms. The van der Waals surface area contributed by atoms with E-state index in [1.54, 1.807) is 17.0 Å². The second-order valence-corrected chi connectivity index (χ2v) is 7.77. The number of likely N-dealkylation sites (tertiary alicyclic amines) is 1. The number of anilines is 1. The lowest BCUT2D eigenvalue weighted by molar-refractivity contribution is -0.143. The van der Waals surface area contributed by atoms with Crippen molar-refractivity contribution in [2.24, 2.45) is 0 Å². The summed E-state index contributed by atoms with van der Waals surface area (Å²) >= 11 is 0. The van der Waals surface area contributed by atoms with E-state index in [0.29, 0.717) is 43.7 Å². The molecule has 1 spiro atoms. The Morgan fingerprint density at radius 2 is 1.86 bits per heavy atom. The summed E-state index contributed by atoms with van der Waals surface area (Å²) in [6, 6.07) is 13.8. The molecule has 152 valence electrons. The van der Waals surface area contributed by atoms with Crippen molar-refractivity contribution in [2.75, 3.05) is 31.1 Å². The van der Waals surface area contributed by atoms with E-state index in [1.807, 2.05) is 29.2 Å². The molecule has 0 unspecified atom stereocenters. The lowest BCUT2D eigenvalue weighted by Gasteiger charge is -2.47. The van der Waals surface area contributed by atoms with E-state index in [2.05, 4.69) is 6.92 Å². The van der Waals surface area contributed by atoms with Crippen LogP contribution in [0.5, 0.6) is 0 Å². The molecule has 2 amide bonds. The van der Waals surface area contributed by atoms with Crippen LogP contribution in [0.25, 0.3) is 0 Å². The highest BCUT2D eigenvalue weighted by Gasteiger charge is 2.43. The fourth-order valence-electron chi connectivity index (χ4n) is 4.08. The first-order valence-electron chi connectivity index (χ1n) is 10.1. The smallest absolute Gasteiger partial charge is 0.253 e. The molecule has 5 nitrogen and oxygen atoms in total. The van der Waals surface area contributed by atoms with Crippen LogP contribution in [0, 0.1) is 5.82 Å². The van der Waals surface area contributed by atoms with Gasteiger partial charge in [0.05, 0.1) is 12.1 Å². The number of rotatable bonds is 3. The van der Waals surface area contributed by atoms with Crippen LogP contribution < -0.4 is 4.90 Å². The predicted molar refractivity (Wildman–Crippen MR) is 108 cm³/mol. The summed E-state index contributed by atoms with van der Waals surface area (Å²) in [5.74, 6) is -0.516. The van der Waals surface area contributed by atoms with Crippen LogP contribution in [0.3, 0.4) is 0 Å². The molecule has 2 heterocycles. The predicted octanol–water partition coefficient (Wildman–Crippen LogP) is 3.43. The van der Waals surface area contributed by atoms with Gasteiger partial charge in [0, 0.05) is 24.3 Å². The third-order valence-corrected chi connectivity index (χ3v) is 5.94. The van der Waals surface area contributed by atoms with Gasteiger partial charge in [-0.05, 0) is 55.2 Å². The van der Waals surface area contributed by atoms with Crippen molar-refractivity contribution in [2.45, 2.75) is 31.8 Å². The van der Waals surface area contributed by atoms with Gasteiger partial charge in [0.1, 0.15) is 12.4 Å². The van der Waals surface area contributed by atoms with Crippen molar-refractivity contribution in [3.63, 3.8) is 0 Å². The molecule has 0 N–H and O–H groups in total. The van der Waals surface area contributed by atoms with Crippen LogP contribution in [-0.2, 0) is 16.0 Å². The largest absolute Gasteiger partial charge is 0.363 e. The Labute approximate surface area is 170 Å². The van der Waals surface area contributed by atoms with Gasteiger partial charge >= 0.3 is 0 Å². The zero-order chi connectivity index (χ0) is 20.4. The van der Waals surface area contributed by atoms with Gasteiger partial charge in [0.2, 0.25) is 0 Å². The molecule has 2 aliphatic rings. The topological polar surface area (TPSA) is 49.9 Å². The first-order valence-corrected chi connectivity index (χ1v) is 10.1. The van der Waals surface area contributed by atoms with E-state index in [9.17, 15) is 14.0 Å². The summed E-state index contributed by atoms with van der Waals surface area (Å²) in [4.78, 5) is 28.6. The van der Waals surface area contributed by atoms with Crippen molar-refractivity contribution in [1.82, 2.24) is 4.90 Å². The van der Waals surface area contributed by atoms with Crippen LogP contribution in [0.15, 0.2) is 48.5 Å². The van der Waals surface area contributed by atoms with E-state index >= 15 is 0 Å². The molecule has 0 saturated carbocycles. The van der Waals surface area contributed by atoms with Gasteiger partial charge < -0.3 is 14.5 Å². The number of morpholine rings is 1. The summed E-state index contributed by atoms with van der Waals surface area (Å²) in [5, 5.41) is 0.